The molecule has 0 aromatic rings. The van der Waals surface area contributed by atoms with Gasteiger partial charge in [0, 0.05) is 19.3 Å². The molecular formula is C14H30N2O. The maximum absolute atomic E-state index is 5.85. The molecule has 17 heavy (non-hydrogen) atoms. The Kier molecular flexibility index (Phi) is 7.09. The molecule has 0 aromatic carbocycles. The average Bonchev–Trinajstić information content (AvgIpc) is 2.34. The highest BCUT2D eigenvalue weighted by molar-refractivity contribution is 4.73. The van der Waals surface area contributed by atoms with Crippen molar-refractivity contribution in [1.82, 2.24) is 4.90 Å². The molecule has 2 N–H and O–H groups in total. The molecule has 1 rings (SSSR count). The second-order valence-corrected chi connectivity index (χ2v) is 5.84. The average molecular weight is 242 g/mol. The molecule has 1 fully saturated rings. The molecule has 1 aliphatic heterocycles. The van der Waals surface area contributed by atoms with E-state index in [1.54, 1.807) is 0 Å². The van der Waals surface area contributed by atoms with Gasteiger partial charge in [-0.15, -0.1) is 0 Å². The summed E-state index contributed by atoms with van der Waals surface area (Å²) in [5.74, 6) is 1.45. The van der Waals surface area contributed by atoms with Crippen LogP contribution >= 0.6 is 0 Å². The summed E-state index contributed by atoms with van der Waals surface area (Å²) in [5, 5.41) is 0. The molecule has 1 saturated heterocycles. The molecule has 0 radical (unpaired) electrons. The fourth-order valence-electron chi connectivity index (χ4n) is 2.69. The molecule has 1 atom stereocenters. The first kappa shape index (κ1) is 14.9. The molecule has 0 spiro atoms. The van der Waals surface area contributed by atoms with E-state index in [1.807, 2.05) is 0 Å². The predicted octanol–water partition coefficient (Wildman–Crippen LogP) is 2.11. The second kappa shape index (κ2) is 8.06. The van der Waals surface area contributed by atoms with Gasteiger partial charge >= 0.3 is 0 Å². The molecule has 1 aliphatic rings. The van der Waals surface area contributed by atoms with Gasteiger partial charge in [0.25, 0.3) is 0 Å². The maximum Gasteiger partial charge on any atom is 0.0480 e. The fraction of sp³-hybridized carbons (Fsp3) is 1.00. The van der Waals surface area contributed by atoms with Crippen LogP contribution in [0.2, 0.25) is 0 Å². The summed E-state index contributed by atoms with van der Waals surface area (Å²) in [7, 11) is 2.25. The second-order valence-electron chi connectivity index (χ2n) is 5.84. The highest BCUT2D eigenvalue weighted by Crippen LogP contribution is 2.17. The van der Waals surface area contributed by atoms with Crippen LogP contribution in [0.5, 0.6) is 0 Å². The van der Waals surface area contributed by atoms with Crippen molar-refractivity contribution >= 4 is 0 Å². The molecule has 1 unspecified atom stereocenters. The lowest BCUT2D eigenvalue weighted by molar-refractivity contribution is 0.0413. The van der Waals surface area contributed by atoms with Gasteiger partial charge in [-0.3, -0.25) is 0 Å². The van der Waals surface area contributed by atoms with Crippen LogP contribution in [-0.4, -0.2) is 44.3 Å². The van der Waals surface area contributed by atoms with Crippen LogP contribution in [-0.2, 0) is 4.74 Å². The SMILES string of the molecule is CC(C)CC(CN)CCN(C)C1CCOCC1. The number of hydrogen-bond donors (Lipinski definition) is 1. The van der Waals surface area contributed by atoms with Crippen molar-refractivity contribution < 1.29 is 4.74 Å². The Balaban J connectivity index is 2.22. The monoisotopic (exact) mass is 242 g/mol. The summed E-state index contributed by atoms with van der Waals surface area (Å²) >= 11 is 0. The summed E-state index contributed by atoms with van der Waals surface area (Å²) in [6.45, 7) is 8.44. The zero-order chi connectivity index (χ0) is 12.7. The van der Waals surface area contributed by atoms with Crippen molar-refractivity contribution in [3.8, 4) is 0 Å². The first-order valence-electron chi connectivity index (χ1n) is 7.11. The molecule has 102 valence electrons. The molecular weight excluding hydrogens is 212 g/mol. The van der Waals surface area contributed by atoms with Crippen LogP contribution in [0.15, 0.2) is 0 Å². The van der Waals surface area contributed by atoms with Crippen molar-refractivity contribution in [2.24, 2.45) is 17.6 Å². The van der Waals surface area contributed by atoms with Gasteiger partial charge in [0.05, 0.1) is 0 Å². The van der Waals surface area contributed by atoms with Gasteiger partial charge in [-0.25, -0.2) is 0 Å². The molecule has 0 saturated carbocycles. The molecule has 0 aromatic heterocycles. The van der Waals surface area contributed by atoms with E-state index in [2.05, 4.69) is 25.8 Å². The quantitative estimate of drug-likeness (QED) is 0.743. The van der Waals surface area contributed by atoms with Gasteiger partial charge in [0.1, 0.15) is 0 Å². The van der Waals surface area contributed by atoms with Gasteiger partial charge < -0.3 is 15.4 Å². The minimum Gasteiger partial charge on any atom is -0.381 e. The largest absolute Gasteiger partial charge is 0.381 e. The van der Waals surface area contributed by atoms with E-state index in [0.717, 1.165) is 31.7 Å². The molecule has 0 bridgehead atoms. The lowest BCUT2D eigenvalue weighted by atomic mass is 9.94. The fourth-order valence-corrected chi connectivity index (χ4v) is 2.69. The van der Waals surface area contributed by atoms with Crippen molar-refractivity contribution in [3.05, 3.63) is 0 Å². The van der Waals surface area contributed by atoms with Crippen LogP contribution in [0, 0.1) is 11.8 Å². The minimum absolute atomic E-state index is 0.692. The van der Waals surface area contributed by atoms with Gasteiger partial charge in [0.15, 0.2) is 0 Å². The van der Waals surface area contributed by atoms with Gasteiger partial charge in [-0.05, 0) is 57.7 Å². The van der Waals surface area contributed by atoms with E-state index < -0.39 is 0 Å². The number of nitrogens with two attached hydrogens (primary N) is 1. The summed E-state index contributed by atoms with van der Waals surface area (Å²) in [5.41, 5.74) is 5.85. The van der Waals surface area contributed by atoms with Crippen molar-refractivity contribution in [2.75, 3.05) is 33.4 Å². The van der Waals surface area contributed by atoms with E-state index in [0.29, 0.717) is 5.92 Å². The van der Waals surface area contributed by atoms with Gasteiger partial charge in [-0.1, -0.05) is 13.8 Å². The Morgan fingerprint density at radius 3 is 2.47 bits per heavy atom. The normalized spacial score (nSPS) is 20.1. The molecule has 3 nitrogen and oxygen atoms in total. The molecule has 0 amide bonds. The summed E-state index contributed by atoms with van der Waals surface area (Å²) < 4.78 is 5.40. The Morgan fingerprint density at radius 2 is 1.94 bits per heavy atom. The first-order valence-corrected chi connectivity index (χ1v) is 7.11. The Labute approximate surface area is 107 Å². The van der Waals surface area contributed by atoms with E-state index in [-0.39, 0.29) is 0 Å². The smallest absolute Gasteiger partial charge is 0.0480 e. The number of hydrogen-bond acceptors (Lipinski definition) is 3. The topological polar surface area (TPSA) is 38.5 Å². The summed E-state index contributed by atoms with van der Waals surface area (Å²) in [4.78, 5) is 2.51. The Hall–Kier alpha value is -0.120. The zero-order valence-electron chi connectivity index (χ0n) is 11.8. The van der Waals surface area contributed by atoms with E-state index in [1.165, 1.54) is 32.2 Å². The highest BCUT2D eigenvalue weighted by atomic mass is 16.5. The number of nitrogens with zero attached hydrogens (tertiary/aromatic N) is 1. The van der Waals surface area contributed by atoms with Crippen LogP contribution < -0.4 is 5.73 Å². The predicted molar refractivity (Wildman–Crippen MR) is 73.1 cm³/mol. The molecule has 1 heterocycles. The zero-order valence-corrected chi connectivity index (χ0v) is 11.8. The van der Waals surface area contributed by atoms with Crippen molar-refractivity contribution in [2.45, 2.75) is 45.6 Å². The van der Waals surface area contributed by atoms with Crippen LogP contribution in [0.25, 0.3) is 0 Å². The standard InChI is InChI=1S/C14H30N2O/c1-12(2)10-13(11-15)4-7-16(3)14-5-8-17-9-6-14/h12-14H,4-11,15H2,1-3H3. The number of ether oxygens (including phenoxy) is 1. The van der Waals surface area contributed by atoms with Crippen LogP contribution in [0.1, 0.15) is 39.5 Å². The summed E-state index contributed by atoms with van der Waals surface area (Å²) in [6, 6.07) is 0.723. The Morgan fingerprint density at radius 1 is 1.29 bits per heavy atom. The van der Waals surface area contributed by atoms with Crippen LogP contribution in [0.3, 0.4) is 0 Å². The maximum atomic E-state index is 5.85. The number of rotatable bonds is 7. The highest BCUT2D eigenvalue weighted by Gasteiger charge is 2.19. The van der Waals surface area contributed by atoms with Crippen LogP contribution in [0.4, 0.5) is 0 Å². The first-order chi connectivity index (χ1) is 8.13. The molecule has 0 aliphatic carbocycles. The van der Waals surface area contributed by atoms with Crippen molar-refractivity contribution in [1.29, 1.82) is 0 Å². The van der Waals surface area contributed by atoms with Crippen molar-refractivity contribution in [3.63, 3.8) is 0 Å². The third-order valence-corrected chi connectivity index (χ3v) is 3.84. The lowest BCUT2D eigenvalue weighted by Crippen LogP contribution is -2.38. The van der Waals surface area contributed by atoms with E-state index in [9.17, 15) is 0 Å². The summed E-state index contributed by atoms with van der Waals surface area (Å²) in [6.07, 6.45) is 4.88. The van der Waals surface area contributed by atoms with E-state index in [4.69, 9.17) is 10.5 Å². The van der Waals surface area contributed by atoms with Gasteiger partial charge in [-0.2, -0.15) is 0 Å². The lowest BCUT2D eigenvalue weighted by Gasteiger charge is -2.32. The molecule has 3 heteroatoms. The van der Waals surface area contributed by atoms with E-state index >= 15 is 0 Å². The third kappa shape index (κ3) is 5.84. The van der Waals surface area contributed by atoms with Gasteiger partial charge in [0.2, 0.25) is 0 Å². The third-order valence-electron chi connectivity index (χ3n) is 3.84. The minimum atomic E-state index is 0.692. The Bertz CT molecular complexity index is 191.